The first kappa shape index (κ1) is 16.0. The van der Waals surface area contributed by atoms with Crippen LogP contribution in [0, 0.1) is 29.6 Å². The van der Waals surface area contributed by atoms with Gasteiger partial charge in [0.25, 0.3) is 0 Å². The van der Waals surface area contributed by atoms with Crippen LogP contribution in [0.3, 0.4) is 0 Å². The molecule has 0 spiro atoms. The number of aromatic nitrogens is 1. The van der Waals surface area contributed by atoms with E-state index in [1.807, 2.05) is 37.3 Å². The van der Waals surface area contributed by atoms with E-state index in [1.54, 1.807) is 0 Å². The molecule has 1 saturated heterocycles. The Balaban J connectivity index is 2.03. The van der Waals surface area contributed by atoms with Gasteiger partial charge in [0.15, 0.2) is 0 Å². The zero-order chi connectivity index (χ0) is 16.9. The quantitative estimate of drug-likeness (QED) is 0.934. The van der Waals surface area contributed by atoms with Crippen LogP contribution in [-0.4, -0.2) is 24.2 Å². The van der Waals surface area contributed by atoms with Crippen molar-refractivity contribution < 1.29 is 4.74 Å². The molecule has 5 heteroatoms. The second-order valence-electron chi connectivity index (χ2n) is 5.79. The maximum Gasteiger partial charge on any atom is 0.146 e. The molecule has 0 saturated carbocycles. The van der Waals surface area contributed by atoms with Gasteiger partial charge in [-0.2, -0.15) is 10.5 Å². The Morgan fingerprint density at radius 3 is 2.58 bits per heavy atom. The van der Waals surface area contributed by atoms with Gasteiger partial charge in [-0.25, -0.2) is 4.98 Å². The molecule has 1 aromatic heterocycles. The van der Waals surface area contributed by atoms with E-state index in [4.69, 9.17) is 4.74 Å². The second kappa shape index (κ2) is 7.12. The number of hydrogen-bond donors (Lipinski definition) is 1. The number of pyridine rings is 1. The SMILES string of the molecule is Cc1c(-c2ccccc2)nc(NC[C@@H]2CCCO2)c(C#N)c1C#N. The highest BCUT2D eigenvalue weighted by Gasteiger charge is 2.20. The highest BCUT2D eigenvalue weighted by molar-refractivity contribution is 5.73. The molecule has 2 heterocycles. The second-order valence-corrected chi connectivity index (χ2v) is 5.79. The predicted molar refractivity (Wildman–Crippen MR) is 91.3 cm³/mol. The molecule has 1 fully saturated rings. The molecule has 0 amide bonds. The van der Waals surface area contributed by atoms with Crippen molar-refractivity contribution >= 4 is 5.82 Å². The first-order chi connectivity index (χ1) is 11.7. The Morgan fingerprint density at radius 2 is 1.96 bits per heavy atom. The van der Waals surface area contributed by atoms with Gasteiger partial charge in [0.1, 0.15) is 23.5 Å². The van der Waals surface area contributed by atoms with Crippen LogP contribution in [0.4, 0.5) is 5.82 Å². The molecule has 5 nitrogen and oxygen atoms in total. The summed E-state index contributed by atoms with van der Waals surface area (Å²) in [5, 5.41) is 22.2. The van der Waals surface area contributed by atoms with Crippen LogP contribution in [0.25, 0.3) is 11.3 Å². The molecule has 2 aromatic rings. The fraction of sp³-hybridized carbons (Fsp3) is 0.316. The van der Waals surface area contributed by atoms with Crippen LogP contribution in [-0.2, 0) is 4.74 Å². The van der Waals surface area contributed by atoms with Gasteiger partial charge in [0.2, 0.25) is 0 Å². The van der Waals surface area contributed by atoms with Crippen molar-refractivity contribution in [2.75, 3.05) is 18.5 Å². The van der Waals surface area contributed by atoms with Crippen molar-refractivity contribution in [1.29, 1.82) is 10.5 Å². The number of ether oxygens (including phenoxy) is 1. The Labute approximate surface area is 141 Å². The van der Waals surface area contributed by atoms with Crippen molar-refractivity contribution in [3.8, 4) is 23.4 Å². The number of nitrogens with zero attached hydrogens (tertiary/aromatic N) is 3. The molecular formula is C19H18N4O. The summed E-state index contributed by atoms with van der Waals surface area (Å²) in [6.07, 6.45) is 2.18. The third kappa shape index (κ3) is 3.08. The number of hydrogen-bond acceptors (Lipinski definition) is 5. The lowest BCUT2D eigenvalue weighted by Gasteiger charge is -2.16. The summed E-state index contributed by atoms with van der Waals surface area (Å²) < 4.78 is 5.61. The average molecular weight is 318 g/mol. The lowest BCUT2D eigenvalue weighted by molar-refractivity contribution is 0.120. The first-order valence-electron chi connectivity index (χ1n) is 8.00. The van der Waals surface area contributed by atoms with E-state index in [-0.39, 0.29) is 6.10 Å². The van der Waals surface area contributed by atoms with Crippen LogP contribution in [0.5, 0.6) is 0 Å². The molecule has 24 heavy (non-hydrogen) atoms. The van der Waals surface area contributed by atoms with E-state index in [0.717, 1.165) is 36.3 Å². The maximum atomic E-state index is 9.52. The summed E-state index contributed by atoms with van der Waals surface area (Å²) in [5.74, 6) is 0.453. The normalized spacial score (nSPS) is 16.4. The van der Waals surface area contributed by atoms with Crippen LogP contribution in [0.2, 0.25) is 0 Å². The molecule has 120 valence electrons. The molecule has 1 aromatic carbocycles. The van der Waals surface area contributed by atoms with Crippen LogP contribution >= 0.6 is 0 Å². The molecular weight excluding hydrogens is 300 g/mol. The third-order valence-electron chi connectivity index (χ3n) is 4.23. The number of nitriles is 2. The molecule has 0 bridgehead atoms. The molecule has 0 radical (unpaired) electrons. The van der Waals surface area contributed by atoms with Crippen molar-refractivity contribution in [3.05, 3.63) is 47.0 Å². The summed E-state index contributed by atoms with van der Waals surface area (Å²) in [6, 6.07) is 14.0. The minimum atomic E-state index is 0.130. The molecule has 0 aliphatic carbocycles. The Hall–Kier alpha value is -2.89. The van der Waals surface area contributed by atoms with E-state index in [9.17, 15) is 10.5 Å². The predicted octanol–water partition coefficient (Wildman–Crippen LogP) is 3.39. The van der Waals surface area contributed by atoms with E-state index in [1.165, 1.54) is 0 Å². The van der Waals surface area contributed by atoms with Crippen molar-refractivity contribution in [2.24, 2.45) is 0 Å². The minimum absolute atomic E-state index is 0.130. The largest absolute Gasteiger partial charge is 0.376 e. The summed E-state index contributed by atoms with van der Waals surface area (Å²) in [4.78, 5) is 4.64. The fourth-order valence-electron chi connectivity index (χ4n) is 2.95. The lowest BCUT2D eigenvalue weighted by atomic mass is 9.99. The van der Waals surface area contributed by atoms with Crippen molar-refractivity contribution in [1.82, 2.24) is 4.98 Å². The number of nitrogens with one attached hydrogen (secondary N) is 1. The van der Waals surface area contributed by atoms with Gasteiger partial charge >= 0.3 is 0 Å². The highest BCUT2D eigenvalue weighted by atomic mass is 16.5. The molecule has 1 aliphatic rings. The van der Waals surface area contributed by atoms with Crippen molar-refractivity contribution in [2.45, 2.75) is 25.9 Å². The standard InChI is InChI=1S/C19H18N4O/c1-13-16(10-20)17(11-21)19(22-12-15-8-5-9-24-15)23-18(13)14-6-3-2-4-7-14/h2-4,6-7,15H,5,8-9,12H2,1H3,(H,22,23)/t15-/m0/s1. The summed E-state index contributed by atoms with van der Waals surface area (Å²) in [7, 11) is 0. The average Bonchev–Trinajstić information content (AvgIpc) is 3.14. The Kier molecular flexibility index (Phi) is 4.74. The monoisotopic (exact) mass is 318 g/mol. The van der Waals surface area contributed by atoms with Gasteiger partial charge in [-0.3, -0.25) is 0 Å². The Bertz CT molecular complexity index is 812. The van der Waals surface area contributed by atoms with Gasteiger partial charge < -0.3 is 10.1 Å². The smallest absolute Gasteiger partial charge is 0.146 e. The van der Waals surface area contributed by atoms with E-state index in [2.05, 4.69) is 22.4 Å². The highest BCUT2D eigenvalue weighted by Crippen LogP contribution is 2.29. The molecule has 1 atom stereocenters. The minimum Gasteiger partial charge on any atom is -0.376 e. The van der Waals surface area contributed by atoms with Crippen molar-refractivity contribution in [3.63, 3.8) is 0 Å². The molecule has 3 rings (SSSR count). The maximum absolute atomic E-state index is 9.52. The van der Waals surface area contributed by atoms with E-state index < -0.39 is 0 Å². The first-order valence-corrected chi connectivity index (χ1v) is 8.00. The molecule has 1 aliphatic heterocycles. The number of rotatable bonds is 4. The van der Waals surface area contributed by atoms with E-state index >= 15 is 0 Å². The summed E-state index contributed by atoms with van der Waals surface area (Å²) >= 11 is 0. The van der Waals surface area contributed by atoms with Crippen LogP contribution in [0.15, 0.2) is 30.3 Å². The Morgan fingerprint density at radius 1 is 1.21 bits per heavy atom. The molecule has 1 N–H and O–H groups in total. The van der Waals surface area contributed by atoms with Gasteiger partial charge in [-0.05, 0) is 25.3 Å². The summed E-state index contributed by atoms with van der Waals surface area (Å²) in [6.45, 7) is 3.19. The van der Waals surface area contributed by atoms with Gasteiger partial charge in [-0.15, -0.1) is 0 Å². The van der Waals surface area contributed by atoms with Crippen LogP contribution < -0.4 is 5.32 Å². The molecule has 0 unspecified atom stereocenters. The van der Waals surface area contributed by atoms with Gasteiger partial charge in [0, 0.05) is 18.7 Å². The van der Waals surface area contributed by atoms with Gasteiger partial charge in [-0.1, -0.05) is 30.3 Å². The van der Waals surface area contributed by atoms with Crippen LogP contribution in [0.1, 0.15) is 29.5 Å². The fourth-order valence-corrected chi connectivity index (χ4v) is 2.95. The summed E-state index contributed by atoms with van der Waals surface area (Å²) in [5.41, 5.74) is 3.05. The number of anilines is 1. The van der Waals surface area contributed by atoms with E-state index in [0.29, 0.717) is 23.5 Å². The lowest BCUT2D eigenvalue weighted by Crippen LogP contribution is -2.20. The number of benzene rings is 1. The topological polar surface area (TPSA) is 81.7 Å². The third-order valence-corrected chi connectivity index (χ3v) is 4.23. The zero-order valence-electron chi connectivity index (χ0n) is 13.5. The zero-order valence-corrected chi connectivity index (χ0v) is 13.5. The van der Waals surface area contributed by atoms with Gasteiger partial charge in [0.05, 0.1) is 17.4 Å².